The fourth-order valence-corrected chi connectivity index (χ4v) is 2.17. The van der Waals surface area contributed by atoms with Crippen molar-refractivity contribution < 1.29 is 4.74 Å². The topological polar surface area (TPSA) is 60.2 Å². The van der Waals surface area contributed by atoms with E-state index in [0.29, 0.717) is 11.3 Å². The highest BCUT2D eigenvalue weighted by atomic mass is 35.5. The third-order valence-electron chi connectivity index (χ3n) is 3.29. The van der Waals surface area contributed by atoms with E-state index in [4.69, 9.17) is 22.2 Å². The molecule has 1 heterocycles. The average molecular weight is 290 g/mol. The first kappa shape index (κ1) is 13.4. The van der Waals surface area contributed by atoms with Gasteiger partial charge < -0.3 is 4.74 Å². The fraction of sp³-hybridized carbons (Fsp3) is 0.267. The molecule has 1 saturated carbocycles. The molecular weight excluding hydrogens is 274 g/mol. The standard InChI is InChI=1S/C15H16ClN3O/c16-14-8-3-11(9-18-14)15(19-17)10-1-4-12(5-2-10)20-13-6-7-13/h1-5,8-9,13,15,19H,6-7,17H2. The van der Waals surface area contributed by atoms with Crippen molar-refractivity contribution in [1.29, 1.82) is 0 Å². The Morgan fingerprint density at radius 3 is 2.40 bits per heavy atom. The van der Waals surface area contributed by atoms with Gasteiger partial charge in [0.15, 0.2) is 0 Å². The average Bonchev–Trinajstić information content (AvgIpc) is 3.27. The van der Waals surface area contributed by atoms with E-state index < -0.39 is 0 Å². The first-order valence-corrected chi connectivity index (χ1v) is 6.98. The molecule has 3 rings (SSSR count). The SMILES string of the molecule is NNC(c1ccc(OC2CC2)cc1)c1ccc(Cl)nc1. The van der Waals surface area contributed by atoms with Gasteiger partial charge in [0.25, 0.3) is 0 Å². The van der Waals surface area contributed by atoms with E-state index >= 15 is 0 Å². The molecule has 1 aliphatic rings. The normalized spacial score (nSPS) is 15.9. The van der Waals surface area contributed by atoms with Crippen LogP contribution in [-0.4, -0.2) is 11.1 Å². The molecule has 4 nitrogen and oxygen atoms in total. The maximum absolute atomic E-state index is 5.80. The zero-order chi connectivity index (χ0) is 13.9. The third-order valence-corrected chi connectivity index (χ3v) is 3.51. The van der Waals surface area contributed by atoms with Crippen LogP contribution >= 0.6 is 11.6 Å². The number of pyridine rings is 1. The highest BCUT2D eigenvalue weighted by Gasteiger charge is 2.23. The van der Waals surface area contributed by atoms with Gasteiger partial charge in [0.1, 0.15) is 10.9 Å². The number of hydrogen-bond acceptors (Lipinski definition) is 4. The highest BCUT2D eigenvalue weighted by Crippen LogP contribution is 2.28. The summed E-state index contributed by atoms with van der Waals surface area (Å²) >= 11 is 5.80. The lowest BCUT2D eigenvalue weighted by molar-refractivity contribution is 0.303. The molecule has 0 aliphatic heterocycles. The van der Waals surface area contributed by atoms with E-state index in [1.165, 1.54) is 0 Å². The van der Waals surface area contributed by atoms with Crippen LogP contribution in [0.5, 0.6) is 5.75 Å². The molecule has 1 atom stereocenters. The van der Waals surface area contributed by atoms with Crippen LogP contribution in [0.3, 0.4) is 0 Å². The zero-order valence-corrected chi connectivity index (χ0v) is 11.7. The maximum Gasteiger partial charge on any atom is 0.129 e. The predicted octanol–water partition coefficient (Wildman–Crippen LogP) is 2.83. The summed E-state index contributed by atoms with van der Waals surface area (Å²) < 4.78 is 5.73. The highest BCUT2D eigenvalue weighted by molar-refractivity contribution is 6.29. The van der Waals surface area contributed by atoms with Crippen LogP contribution in [0.15, 0.2) is 42.6 Å². The van der Waals surface area contributed by atoms with Gasteiger partial charge in [0, 0.05) is 6.20 Å². The molecule has 2 aromatic rings. The van der Waals surface area contributed by atoms with Gasteiger partial charge in [-0.1, -0.05) is 29.8 Å². The minimum Gasteiger partial charge on any atom is -0.490 e. The fourth-order valence-electron chi connectivity index (χ4n) is 2.06. The van der Waals surface area contributed by atoms with E-state index in [-0.39, 0.29) is 6.04 Å². The molecular formula is C15H16ClN3O. The molecule has 1 aromatic carbocycles. The molecule has 3 N–H and O–H groups in total. The Morgan fingerprint density at radius 2 is 1.85 bits per heavy atom. The van der Waals surface area contributed by atoms with Gasteiger partial charge in [-0.15, -0.1) is 0 Å². The summed E-state index contributed by atoms with van der Waals surface area (Å²) in [6.07, 6.45) is 4.45. The van der Waals surface area contributed by atoms with Crippen molar-refractivity contribution in [2.45, 2.75) is 25.0 Å². The monoisotopic (exact) mass is 289 g/mol. The number of nitrogens with zero attached hydrogens (tertiary/aromatic N) is 1. The summed E-state index contributed by atoms with van der Waals surface area (Å²) in [5.74, 6) is 6.57. The van der Waals surface area contributed by atoms with Crippen molar-refractivity contribution in [3.05, 3.63) is 58.9 Å². The van der Waals surface area contributed by atoms with Gasteiger partial charge >= 0.3 is 0 Å². The number of rotatable bonds is 5. The first-order valence-electron chi connectivity index (χ1n) is 6.60. The third kappa shape index (κ3) is 3.10. The van der Waals surface area contributed by atoms with Crippen molar-refractivity contribution in [3.63, 3.8) is 0 Å². The summed E-state index contributed by atoms with van der Waals surface area (Å²) in [6.45, 7) is 0. The van der Waals surface area contributed by atoms with Gasteiger partial charge in [-0.2, -0.15) is 0 Å². The zero-order valence-electron chi connectivity index (χ0n) is 10.9. The Balaban J connectivity index is 1.79. The Kier molecular flexibility index (Phi) is 3.87. The molecule has 5 heteroatoms. The Morgan fingerprint density at radius 1 is 1.15 bits per heavy atom. The van der Waals surface area contributed by atoms with Crippen LogP contribution in [0.1, 0.15) is 30.0 Å². The van der Waals surface area contributed by atoms with E-state index in [1.807, 2.05) is 30.3 Å². The van der Waals surface area contributed by atoms with Crippen LogP contribution in [0.25, 0.3) is 0 Å². The van der Waals surface area contributed by atoms with Gasteiger partial charge in [-0.05, 0) is 42.2 Å². The number of aromatic nitrogens is 1. The summed E-state index contributed by atoms with van der Waals surface area (Å²) in [7, 11) is 0. The van der Waals surface area contributed by atoms with Crippen LogP contribution in [-0.2, 0) is 0 Å². The second kappa shape index (κ2) is 5.79. The lowest BCUT2D eigenvalue weighted by atomic mass is 10.0. The van der Waals surface area contributed by atoms with E-state index in [2.05, 4.69) is 10.4 Å². The van der Waals surface area contributed by atoms with Crippen LogP contribution in [0, 0.1) is 0 Å². The van der Waals surface area contributed by atoms with E-state index in [1.54, 1.807) is 12.3 Å². The lowest BCUT2D eigenvalue weighted by Crippen LogP contribution is -2.28. The van der Waals surface area contributed by atoms with Crippen molar-refractivity contribution in [2.24, 2.45) is 5.84 Å². The molecule has 20 heavy (non-hydrogen) atoms. The second-order valence-corrected chi connectivity index (χ2v) is 5.29. The second-order valence-electron chi connectivity index (χ2n) is 4.90. The molecule has 0 spiro atoms. The molecule has 104 valence electrons. The number of ether oxygens (including phenoxy) is 1. The minimum atomic E-state index is -0.116. The number of hydrogen-bond donors (Lipinski definition) is 2. The minimum absolute atomic E-state index is 0.116. The first-order chi connectivity index (χ1) is 9.76. The summed E-state index contributed by atoms with van der Waals surface area (Å²) in [5.41, 5.74) is 4.82. The molecule has 1 fully saturated rings. The molecule has 0 amide bonds. The number of halogens is 1. The number of nitrogens with one attached hydrogen (secondary N) is 1. The van der Waals surface area contributed by atoms with Gasteiger partial charge in [0.05, 0.1) is 12.1 Å². The van der Waals surface area contributed by atoms with Gasteiger partial charge in [-0.3, -0.25) is 5.84 Å². The predicted molar refractivity (Wildman–Crippen MR) is 78.5 cm³/mol. The van der Waals surface area contributed by atoms with Gasteiger partial charge in [0.2, 0.25) is 0 Å². The molecule has 0 saturated heterocycles. The molecule has 0 radical (unpaired) electrons. The molecule has 1 unspecified atom stereocenters. The van der Waals surface area contributed by atoms with Crippen LogP contribution in [0.4, 0.5) is 0 Å². The van der Waals surface area contributed by atoms with Crippen molar-refractivity contribution in [3.8, 4) is 5.75 Å². The van der Waals surface area contributed by atoms with E-state index in [0.717, 1.165) is 29.7 Å². The summed E-state index contributed by atoms with van der Waals surface area (Å²) in [5, 5.41) is 0.470. The van der Waals surface area contributed by atoms with Gasteiger partial charge in [-0.25, -0.2) is 10.4 Å². The Bertz CT molecular complexity index is 567. The smallest absolute Gasteiger partial charge is 0.129 e. The Labute approximate surface area is 122 Å². The summed E-state index contributed by atoms with van der Waals surface area (Å²) in [4.78, 5) is 4.08. The van der Waals surface area contributed by atoms with Crippen molar-refractivity contribution in [1.82, 2.24) is 10.4 Å². The lowest BCUT2D eigenvalue weighted by Gasteiger charge is -2.17. The van der Waals surface area contributed by atoms with Crippen molar-refractivity contribution in [2.75, 3.05) is 0 Å². The number of hydrazine groups is 1. The van der Waals surface area contributed by atoms with E-state index in [9.17, 15) is 0 Å². The number of nitrogens with two attached hydrogens (primary N) is 1. The largest absolute Gasteiger partial charge is 0.490 e. The maximum atomic E-state index is 5.80. The molecule has 1 aliphatic carbocycles. The van der Waals surface area contributed by atoms with Crippen LogP contribution < -0.4 is 16.0 Å². The number of benzene rings is 1. The van der Waals surface area contributed by atoms with Crippen LogP contribution in [0.2, 0.25) is 5.15 Å². The summed E-state index contributed by atoms with van der Waals surface area (Å²) in [6, 6.07) is 11.5. The Hall–Kier alpha value is -1.62. The molecule has 1 aromatic heterocycles. The molecule has 0 bridgehead atoms. The van der Waals surface area contributed by atoms with Crippen molar-refractivity contribution >= 4 is 11.6 Å². The quantitative estimate of drug-likeness (QED) is 0.505.